The molecule has 2 aliphatic heterocycles. The molecule has 8 heteroatoms. The summed E-state index contributed by atoms with van der Waals surface area (Å²) >= 11 is 6.06. The fraction of sp³-hybridized carbons (Fsp3) is 0.526. The molecule has 27 heavy (non-hydrogen) atoms. The van der Waals surface area contributed by atoms with E-state index in [0.29, 0.717) is 11.0 Å². The quantitative estimate of drug-likeness (QED) is 0.753. The highest BCUT2D eigenvalue weighted by molar-refractivity contribution is 6.30. The number of halogens is 1. The van der Waals surface area contributed by atoms with Crippen LogP contribution in [0, 0.1) is 0 Å². The van der Waals surface area contributed by atoms with E-state index >= 15 is 0 Å². The molecule has 0 saturated carbocycles. The van der Waals surface area contributed by atoms with Crippen molar-refractivity contribution in [3.05, 3.63) is 29.3 Å². The highest BCUT2D eigenvalue weighted by Gasteiger charge is 2.20. The number of piperidine rings is 2. The summed E-state index contributed by atoms with van der Waals surface area (Å²) in [6.07, 6.45) is 7.31. The molecule has 7 nitrogen and oxygen atoms in total. The molecule has 3 heterocycles. The maximum absolute atomic E-state index is 6.06. The Labute approximate surface area is 165 Å². The molecule has 0 radical (unpaired) electrons. The van der Waals surface area contributed by atoms with Crippen LogP contribution in [0.1, 0.15) is 38.5 Å². The normalized spacial score (nSPS) is 17.7. The van der Waals surface area contributed by atoms with Gasteiger partial charge in [-0.2, -0.15) is 15.0 Å². The number of nitrogens with one attached hydrogen (secondary N) is 2. The third-order valence-electron chi connectivity index (χ3n) is 5.03. The fourth-order valence-corrected chi connectivity index (χ4v) is 3.77. The molecule has 1 aromatic carbocycles. The van der Waals surface area contributed by atoms with Gasteiger partial charge in [-0.1, -0.05) is 17.7 Å². The van der Waals surface area contributed by atoms with E-state index in [-0.39, 0.29) is 0 Å². The molecule has 2 N–H and O–H groups in total. The highest BCUT2D eigenvalue weighted by atomic mass is 35.5. The smallest absolute Gasteiger partial charge is 0.248 e. The average molecular weight is 388 g/mol. The summed E-state index contributed by atoms with van der Waals surface area (Å²) < 4.78 is 0. The van der Waals surface area contributed by atoms with Crippen molar-refractivity contribution >= 4 is 35.1 Å². The first kappa shape index (κ1) is 18.1. The van der Waals surface area contributed by atoms with E-state index in [4.69, 9.17) is 16.6 Å². The van der Waals surface area contributed by atoms with Gasteiger partial charge in [-0.25, -0.2) is 0 Å². The Morgan fingerprint density at radius 1 is 0.741 bits per heavy atom. The van der Waals surface area contributed by atoms with Gasteiger partial charge in [0, 0.05) is 31.2 Å². The second-order valence-corrected chi connectivity index (χ2v) is 7.55. The molecule has 0 aliphatic carbocycles. The van der Waals surface area contributed by atoms with Crippen molar-refractivity contribution in [3.63, 3.8) is 0 Å². The van der Waals surface area contributed by atoms with E-state index in [9.17, 15) is 0 Å². The molecule has 0 amide bonds. The summed E-state index contributed by atoms with van der Waals surface area (Å²) in [5.41, 5.74) is 7.12. The lowest BCUT2D eigenvalue weighted by Crippen LogP contribution is -2.34. The Hall–Kier alpha value is -2.28. The van der Waals surface area contributed by atoms with Crippen molar-refractivity contribution in [1.82, 2.24) is 15.0 Å². The van der Waals surface area contributed by atoms with Gasteiger partial charge in [0.15, 0.2) is 0 Å². The zero-order valence-electron chi connectivity index (χ0n) is 15.5. The number of aromatic nitrogens is 3. The molecule has 0 unspecified atom stereocenters. The van der Waals surface area contributed by atoms with Crippen LogP contribution in [0.5, 0.6) is 0 Å². The van der Waals surface area contributed by atoms with Crippen LogP contribution in [0.15, 0.2) is 24.3 Å². The number of hydrazine groups is 1. The third-order valence-corrected chi connectivity index (χ3v) is 5.27. The summed E-state index contributed by atoms with van der Waals surface area (Å²) in [7, 11) is 0. The Balaban J connectivity index is 1.56. The number of rotatable bonds is 5. The molecular weight excluding hydrogens is 362 g/mol. The lowest BCUT2D eigenvalue weighted by Gasteiger charge is -2.30. The summed E-state index contributed by atoms with van der Waals surface area (Å²) in [6.45, 7) is 4.02. The Bertz CT molecular complexity index is 721. The molecular formula is C19H26ClN7. The fourth-order valence-electron chi connectivity index (χ4n) is 3.57. The Morgan fingerprint density at radius 3 is 1.89 bits per heavy atom. The number of nitrogens with zero attached hydrogens (tertiary/aromatic N) is 5. The van der Waals surface area contributed by atoms with Crippen LogP contribution in [-0.2, 0) is 0 Å². The van der Waals surface area contributed by atoms with Gasteiger partial charge in [0.25, 0.3) is 0 Å². The summed E-state index contributed by atoms with van der Waals surface area (Å²) in [6, 6.07) is 7.54. The van der Waals surface area contributed by atoms with Gasteiger partial charge >= 0.3 is 0 Å². The molecule has 0 atom stereocenters. The molecule has 0 spiro atoms. The largest absolute Gasteiger partial charge is 0.341 e. The van der Waals surface area contributed by atoms with E-state index in [1.165, 1.54) is 38.5 Å². The highest BCUT2D eigenvalue weighted by Crippen LogP contribution is 2.23. The van der Waals surface area contributed by atoms with E-state index in [1.807, 2.05) is 24.3 Å². The second kappa shape index (κ2) is 8.61. The van der Waals surface area contributed by atoms with Crippen molar-refractivity contribution in [2.75, 3.05) is 46.8 Å². The van der Waals surface area contributed by atoms with Crippen molar-refractivity contribution in [2.24, 2.45) is 0 Å². The average Bonchev–Trinajstić information content (AvgIpc) is 2.73. The van der Waals surface area contributed by atoms with E-state index in [1.54, 1.807) is 0 Å². The predicted octanol–water partition coefficient (Wildman–Crippen LogP) is 3.94. The molecule has 2 fully saturated rings. The van der Waals surface area contributed by atoms with Gasteiger partial charge in [0.2, 0.25) is 17.8 Å². The molecule has 2 saturated heterocycles. The minimum atomic E-state index is 0.533. The molecule has 144 valence electrons. The van der Waals surface area contributed by atoms with Crippen LogP contribution in [-0.4, -0.2) is 41.1 Å². The van der Waals surface area contributed by atoms with Gasteiger partial charge in [0.05, 0.1) is 5.69 Å². The molecule has 1 aromatic heterocycles. The standard InChI is InChI=1S/C19H26ClN7/c20-15-8-7-9-16(14-15)24-25-17-21-18(26-10-3-1-4-11-26)23-19(22-17)27-12-5-2-6-13-27/h7-9,14,24H,1-6,10-13H2,(H,21,22,23,25). The maximum atomic E-state index is 6.06. The van der Waals surface area contributed by atoms with Crippen LogP contribution >= 0.6 is 11.6 Å². The molecule has 2 aliphatic rings. The number of hydrogen-bond donors (Lipinski definition) is 2. The van der Waals surface area contributed by atoms with E-state index < -0.39 is 0 Å². The van der Waals surface area contributed by atoms with Crippen LogP contribution in [0.4, 0.5) is 23.5 Å². The number of hydrogen-bond acceptors (Lipinski definition) is 7. The first-order valence-corrected chi connectivity index (χ1v) is 10.2. The zero-order valence-corrected chi connectivity index (χ0v) is 16.3. The Morgan fingerprint density at radius 2 is 1.33 bits per heavy atom. The van der Waals surface area contributed by atoms with Crippen LogP contribution in [0.2, 0.25) is 5.02 Å². The van der Waals surface area contributed by atoms with Gasteiger partial charge < -0.3 is 9.80 Å². The predicted molar refractivity (Wildman–Crippen MR) is 111 cm³/mol. The van der Waals surface area contributed by atoms with E-state index in [2.05, 4.69) is 30.6 Å². The van der Waals surface area contributed by atoms with Crippen molar-refractivity contribution < 1.29 is 0 Å². The van der Waals surface area contributed by atoms with Crippen molar-refractivity contribution in [3.8, 4) is 0 Å². The van der Waals surface area contributed by atoms with Crippen molar-refractivity contribution in [1.29, 1.82) is 0 Å². The lowest BCUT2D eigenvalue weighted by molar-refractivity contribution is 0.556. The first-order valence-electron chi connectivity index (χ1n) is 9.81. The SMILES string of the molecule is Clc1cccc(NNc2nc(N3CCCCC3)nc(N3CCCCC3)n2)c1. The zero-order chi connectivity index (χ0) is 18.5. The minimum Gasteiger partial charge on any atom is -0.341 e. The molecule has 2 aromatic rings. The van der Waals surface area contributed by atoms with Crippen molar-refractivity contribution in [2.45, 2.75) is 38.5 Å². The van der Waals surface area contributed by atoms with Gasteiger partial charge in [-0.15, -0.1) is 0 Å². The topological polar surface area (TPSA) is 69.2 Å². The van der Waals surface area contributed by atoms with Crippen LogP contribution in [0.3, 0.4) is 0 Å². The van der Waals surface area contributed by atoms with E-state index in [0.717, 1.165) is 43.8 Å². The summed E-state index contributed by atoms with van der Waals surface area (Å²) in [4.78, 5) is 18.6. The van der Waals surface area contributed by atoms with Gasteiger partial charge in [0.1, 0.15) is 0 Å². The second-order valence-electron chi connectivity index (χ2n) is 7.11. The summed E-state index contributed by atoms with van der Waals surface area (Å²) in [5.74, 6) is 2.06. The number of anilines is 4. The Kier molecular flexibility index (Phi) is 5.77. The minimum absolute atomic E-state index is 0.533. The van der Waals surface area contributed by atoms with Crippen LogP contribution in [0.25, 0.3) is 0 Å². The third kappa shape index (κ3) is 4.71. The van der Waals surface area contributed by atoms with Gasteiger partial charge in [-0.3, -0.25) is 10.9 Å². The maximum Gasteiger partial charge on any atom is 0.248 e. The van der Waals surface area contributed by atoms with Gasteiger partial charge in [-0.05, 0) is 56.7 Å². The number of benzene rings is 1. The lowest BCUT2D eigenvalue weighted by atomic mass is 10.1. The molecule has 0 bridgehead atoms. The molecule has 4 rings (SSSR count). The first-order chi connectivity index (χ1) is 13.3. The van der Waals surface area contributed by atoms with Crippen LogP contribution < -0.4 is 20.7 Å². The summed E-state index contributed by atoms with van der Waals surface area (Å²) in [5, 5.41) is 0.681. The monoisotopic (exact) mass is 387 g/mol.